The number of nitrogens with two attached hydrogens (primary N) is 1. The highest BCUT2D eigenvalue weighted by Gasteiger charge is 2.42. The molecule has 1 fully saturated rings. The van der Waals surface area contributed by atoms with Gasteiger partial charge < -0.3 is 41.1 Å². The molecule has 0 amide bonds. The third kappa shape index (κ3) is 4.44. The maximum Gasteiger partial charge on any atom is 0.112 e. The molecule has 0 saturated carbocycles. The Hall–Kier alpha value is -0.580. The quantitative estimate of drug-likeness (QED) is 0.253. The van der Waals surface area contributed by atoms with Crippen LogP contribution in [-0.2, 0) is 4.74 Å². The van der Waals surface area contributed by atoms with Crippen molar-refractivity contribution in [1.82, 2.24) is 0 Å². The van der Waals surface area contributed by atoms with E-state index in [0.29, 0.717) is 6.42 Å². The first-order valence-corrected chi connectivity index (χ1v) is 6.94. The fourth-order valence-electron chi connectivity index (χ4n) is 2.14. The molecule has 8 heteroatoms. The molecule has 0 spiro atoms. The molecule has 124 valence electrons. The summed E-state index contributed by atoms with van der Waals surface area (Å²) in [6.07, 6.45) is -5.39. The lowest BCUT2D eigenvalue weighted by molar-refractivity contribution is -0.216. The predicted molar refractivity (Wildman–Crippen MR) is 73.2 cm³/mol. The number of aliphatic hydroxyl groups is 6. The highest BCUT2D eigenvalue weighted by Crippen LogP contribution is 2.22. The van der Waals surface area contributed by atoms with Gasteiger partial charge in [-0.2, -0.15) is 0 Å². The molecule has 8 atom stereocenters. The van der Waals surface area contributed by atoms with Crippen molar-refractivity contribution < 1.29 is 35.4 Å². The summed E-state index contributed by atoms with van der Waals surface area (Å²) in [5.41, 5.74) is 5.69. The van der Waals surface area contributed by atoms with Gasteiger partial charge in [0, 0.05) is 0 Å². The van der Waals surface area contributed by atoms with Gasteiger partial charge in [0.05, 0.1) is 24.9 Å². The van der Waals surface area contributed by atoms with Gasteiger partial charge in [0.2, 0.25) is 0 Å². The van der Waals surface area contributed by atoms with Crippen molar-refractivity contribution in [1.29, 1.82) is 0 Å². The van der Waals surface area contributed by atoms with Crippen LogP contribution in [0.5, 0.6) is 0 Å². The van der Waals surface area contributed by atoms with Crippen LogP contribution in [0.1, 0.15) is 13.3 Å². The van der Waals surface area contributed by atoms with E-state index in [-0.39, 0.29) is 0 Å². The third-order valence-corrected chi connectivity index (χ3v) is 3.66. The summed E-state index contributed by atoms with van der Waals surface area (Å²) >= 11 is 0. The molecule has 1 aliphatic rings. The average Bonchev–Trinajstić information content (AvgIpc) is 2.50. The SMILES string of the molecule is CC[C@@H](O)[C@@H](O)[C@@H](N)/C=C\[C@@H]1OC(CO)[C@H](O)C(O)[C@H]1O. The lowest BCUT2D eigenvalue weighted by atomic mass is 9.94. The Labute approximate surface area is 123 Å². The van der Waals surface area contributed by atoms with Crippen molar-refractivity contribution in [2.75, 3.05) is 6.61 Å². The topological polar surface area (TPSA) is 157 Å². The highest BCUT2D eigenvalue weighted by atomic mass is 16.5. The molecule has 1 heterocycles. The van der Waals surface area contributed by atoms with Gasteiger partial charge in [-0.3, -0.25) is 0 Å². The van der Waals surface area contributed by atoms with Crippen LogP contribution in [0.25, 0.3) is 0 Å². The van der Waals surface area contributed by atoms with Crippen molar-refractivity contribution in [3.63, 3.8) is 0 Å². The summed E-state index contributed by atoms with van der Waals surface area (Å²) in [5.74, 6) is 0. The number of hydrogen-bond donors (Lipinski definition) is 7. The summed E-state index contributed by atoms with van der Waals surface area (Å²) < 4.78 is 5.25. The van der Waals surface area contributed by atoms with Crippen molar-refractivity contribution >= 4 is 0 Å². The van der Waals surface area contributed by atoms with Crippen LogP contribution in [-0.4, -0.2) is 86.0 Å². The monoisotopic (exact) mass is 307 g/mol. The molecular weight excluding hydrogens is 282 g/mol. The molecular formula is C13H25NO7. The summed E-state index contributed by atoms with van der Waals surface area (Å²) in [6.45, 7) is 1.18. The molecule has 0 radical (unpaired) electrons. The Balaban J connectivity index is 2.69. The van der Waals surface area contributed by atoms with Crippen LogP contribution in [0.2, 0.25) is 0 Å². The van der Waals surface area contributed by atoms with Gasteiger partial charge in [-0.15, -0.1) is 0 Å². The summed E-state index contributed by atoms with van der Waals surface area (Å²) in [4.78, 5) is 0. The van der Waals surface area contributed by atoms with E-state index in [2.05, 4.69) is 0 Å². The first kappa shape index (κ1) is 18.5. The molecule has 0 aromatic heterocycles. The molecule has 0 aliphatic carbocycles. The lowest BCUT2D eigenvalue weighted by Gasteiger charge is -2.39. The summed E-state index contributed by atoms with van der Waals surface area (Å²) in [7, 11) is 0. The Morgan fingerprint density at radius 1 is 1.14 bits per heavy atom. The van der Waals surface area contributed by atoms with E-state index in [1.165, 1.54) is 12.2 Å². The first-order chi connectivity index (χ1) is 9.83. The first-order valence-electron chi connectivity index (χ1n) is 6.94. The fraction of sp³-hybridized carbons (Fsp3) is 0.846. The van der Waals surface area contributed by atoms with E-state index in [1.807, 2.05) is 0 Å². The van der Waals surface area contributed by atoms with Crippen LogP contribution in [0.15, 0.2) is 12.2 Å². The Morgan fingerprint density at radius 3 is 2.29 bits per heavy atom. The zero-order valence-corrected chi connectivity index (χ0v) is 11.9. The molecule has 2 unspecified atom stereocenters. The minimum atomic E-state index is -1.46. The number of rotatable bonds is 6. The molecule has 0 bridgehead atoms. The largest absolute Gasteiger partial charge is 0.394 e. The predicted octanol–water partition coefficient (Wildman–Crippen LogP) is -3.16. The van der Waals surface area contributed by atoms with Crippen molar-refractivity contribution in [3.05, 3.63) is 12.2 Å². The summed E-state index contributed by atoms with van der Waals surface area (Å²) in [6, 6.07) is -0.882. The van der Waals surface area contributed by atoms with Gasteiger partial charge in [0.1, 0.15) is 30.5 Å². The molecule has 8 N–H and O–H groups in total. The Kier molecular flexibility index (Phi) is 7.17. The number of hydrogen-bond acceptors (Lipinski definition) is 8. The van der Waals surface area contributed by atoms with Crippen molar-refractivity contribution in [2.24, 2.45) is 5.73 Å². The van der Waals surface area contributed by atoms with Crippen LogP contribution >= 0.6 is 0 Å². The molecule has 1 aliphatic heterocycles. The van der Waals surface area contributed by atoms with Gasteiger partial charge in [-0.25, -0.2) is 0 Å². The Morgan fingerprint density at radius 2 is 1.76 bits per heavy atom. The number of aliphatic hydroxyl groups excluding tert-OH is 6. The van der Waals surface area contributed by atoms with Crippen LogP contribution in [0.4, 0.5) is 0 Å². The van der Waals surface area contributed by atoms with Crippen LogP contribution in [0.3, 0.4) is 0 Å². The molecule has 1 saturated heterocycles. The maximum atomic E-state index is 9.81. The fourth-order valence-corrected chi connectivity index (χ4v) is 2.14. The van der Waals surface area contributed by atoms with Gasteiger partial charge in [-0.1, -0.05) is 19.1 Å². The van der Waals surface area contributed by atoms with Gasteiger partial charge >= 0.3 is 0 Å². The van der Waals surface area contributed by atoms with Gasteiger partial charge in [-0.05, 0) is 6.42 Å². The molecule has 21 heavy (non-hydrogen) atoms. The second-order valence-electron chi connectivity index (χ2n) is 5.22. The van der Waals surface area contributed by atoms with E-state index >= 15 is 0 Å². The van der Waals surface area contributed by atoms with Crippen LogP contribution in [0, 0.1) is 0 Å². The molecule has 0 aromatic carbocycles. The number of ether oxygens (including phenoxy) is 1. The standard InChI is InChI=1S/C13H25NO7/c1-2-7(16)10(17)6(14)3-4-8-11(18)13(20)12(19)9(5-15)21-8/h3-4,6-13,15-20H,2,5,14H2,1H3/b4-3-/t6-,7+,8-,9?,10-,11-,12-,13?/m0/s1. The molecule has 0 aromatic rings. The Bertz CT molecular complexity index is 338. The lowest BCUT2D eigenvalue weighted by Crippen LogP contribution is -2.58. The minimum absolute atomic E-state index is 0.336. The average molecular weight is 307 g/mol. The highest BCUT2D eigenvalue weighted by molar-refractivity contribution is 5.06. The van der Waals surface area contributed by atoms with Crippen molar-refractivity contribution in [2.45, 2.75) is 62.1 Å². The van der Waals surface area contributed by atoms with E-state index < -0.39 is 55.4 Å². The van der Waals surface area contributed by atoms with Gasteiger partial charge in [0.15, 0.2) is 0 Å². The second-order valence-corrected chi connectivity index (χ2v) is 5.22. The van der Waals surface area contributed by atoms with Crippen LogP contribution < -0.4 is 5.73 Å². The summed E-state index contributed by atoms with van der Waals surface area (Å²) in [5, 5.41) is 57.3. The molecule has 8 nitrogen and oxygen atoms in total. The normalized spacial score (nSPS) is 38.4. The van der Waals surface area contributed by atoms with E-state index in [0.717, 1.165) is 0 Å². The third-order valence-electron chi connectivity index (χ3n) is 3.66. The maximum absolute atomic E-state index is 9.81. The smallest absolute Gasteiger partial charge is 0.112 e. The second kappa shape index (κ2) is 8.16. The van der Waals surface area contributed by atoms with Gasteiger partial charge in [0.25, 0.3) is 0 Å². The van der Waals surface area contributed by atoms with E-state index in [1.54, 1.807) is 6.92 Å². The van der Waals surface area contributed by atoms with E-state index in [9.17, 15) is 25.5 Å². The van der Waals surface area contributed by atoms with Crippen molar-refractivity contribution in [3.8, 4) is 0 Å². The zero-order valence-electron chi connectivity index (χ0n) is 11.9. The van der Waals surface area contributed by atoms with E-state index in [4.69, 9.17) is 15.6 Å². The zero-order chi connectivity index (χ0) is 16.2. The molecule has 1 rings (SSSR count). The minimum Gasteiger partial charge on any atom is -0.394 e.